The van der Waals surface area contributed by atoms with Gasteiger partial charge in [0.05, 0.1) is 13.2 Å². The Kier molecular flexibility index (Phi) is 18.3. The summed E-state index contributed by atoms with van der Waals surface area (Å²) in [4.78, 5) is 33.8. The Morgan fingerprint density at radius 2 is 1.31 bits per heavy atom. The van der Waals surface area contributed by atoms with Gasteiger partial charge in [0, 0.05) is 13.8 Å². The molecule has 1 atom stereocenters. The number of unbranched alkanes of at least 4 members (excludes halogenated alkanes) is 8. The standard InChI is InChI=1S/C30H49NO5/c1-4-5-6-7-8-9-10-11-12-14-27-17-19-28(20-18-27)15-13-16-29(24-36-26(3)33)21-22-35-30(34)23-31-25(2)32/h17-20,29H,4-16,21-24H2,1-3H3,(H,31,32). The predicted octanol–water partition coefficient (Wildman–Crippen LogP) is 6.33. The average Bonchev–Trinajstić information content (AvgIpc) is 2.85. The number of esters is 2. The summed E-state index contributed by atoms with van der Waals surface area (Å²) < 4.78 is 10.4. The Labute approximate surface area is 218 Å². The number of nitrogens with one attached hydrogen (secondary N) is 1. The van der Waals surface area contributed by atoms with Gasteiger partial charge in [-0.25, -0.2) is 0 Å². The number of ether oxygens (including phenoxy) is 2. The summed E-state index contributed by atoms with van der Waals surface area (Å²) in [5.41, 5.74) is 2.73. The molecule has 1 rings (SSSR count). The van der Waals surface area contributed by atoms with Crippen molar-refractivity contribution in [3.8, 4) is 0 Å². The molecular formula is C30H49NO5. The molecule has 0 aliphatic rings. The first kappa shape index (κ1) is 31.7. The van der Waals surface area contributed by atoms with Crippen LogP contribution in [0.1, 0.15) is 109 Å². The van der Waals surface area contributed by atoms with Crippen molar-refractivity contribution in [2.24, 2.45) is 5.92 Å². The molecule has 1 amide bonds. The van der Waals surface area contributed by atoms with Crippen molar-refractivity contribution in [2.45, 2.75) is 111 Å². The summed E-state index contributed by atoms with van der Waals surface area (Å²) in [5, 5.41) is 2.42. The van der Waals surface area contributed by atoms with E-state index in [4.69, 9.17) is 9.47 Å². The number of carbonyl (C=O) groups is 3. The molecule has 36 heavy (non-hydrogen) atoms. The molecule has 0 fully saturated rings. The van der Waals surface area contributed by atoms with E-state index in [-0.39, 0.29) is 30.9 Å². The highest BCUT2D eigenvalue weighted by atomic mass is 16.5. The molecule has 0 radical (unpaired) electrons. The van der Waals surface area contributed by atoms with Gasteiger partial charge in [0.2, 0.25) is 5.91 Å². The van der Waals surface area contributed by atoms with E-state index in [1.807, 2.05) is 0 Å². The molecule has 0 saturated heterocycles. The highest BCUT2D eigenvalue weighted by Crippen LogP contribution is 2.17. The van der Waals surface area contributed by atoms with Crippen molar-refractivity contribution >= 4 is 17.8 Å². The van der Waals surface area contributed by atoms with Crippen LogP contribution in [-0.4, -0.2) is 37.6 Å². The fourth-order valence-electron chi connectivity index (χ4n) is 4.24. The lowest BCUT2D eigenvalue weighted by atomic mass is 9.96. The van der Waals surface area contributed by atoms with Crippen molar-refractivity contribution in [1.29, 1.82) is 0 Å². The molecule has 1 aromatic rings. The first-order valence-electron chi connectivity index (χ1n) is 14.0. The van der Waals surface area contributed by atoms with Crippen LogP contribution in [0.4, 0.5) is 0 Å². The largest absolute Gasteiger partial charge is 0.466 e. The Morgan fingerprint density at radius 3 is 1.86 bits per heavy atom. The van der Waals surface area contributed by atoms with Gasteiger partial charge >= 0.3 is 11.9 Å². The number of amides is 1. The summed E-state index contributed by atoms with van der Waals surface area (Å²) in [5.74, 6) is -0.895. The molecule has 0 saturated carbocycles. The Morgan fingerprint density at radius 1 is 0.750 bits per heavy atom. The van der Waals surface area contributed by atoms with Crippen LogP contribution < -0.4 is 5.32 Å². The monoisotopic (exact) mass is 503 g/mol. The number of hydrogen-bond acceptors (Lipinski definition) is 5. The molecule has 0 aliphatic carbocycles. The molecule has 1 aromatic carbocycles. The molecule has 0 heterocycles. The van der Waals surface area contributed by atoms with Crippen molar-refractivity contribution in [3.63, 3.8) is 0 Å². The van der Waals surface area contributed by atoms with Gasteiger partial charge in [-0.05, 0) is 55.6 Å². The van der Waals surface area contributed by atoms with Crippen LogP contribution in [0, 0.1) is 5.92 Å². The van der Waals surface area contributed by atoms with Crippen molar-refractivity contribution < 1.29 is 23.9 Å². The zero-order valence-corrected chi connectivity index (χ0v) is 22.9. The Balaban J connectivity index is 2.26. The normalized spacial score (nSPS) is 11.6. The first-order chi connectivity index (χ1) is 17.4. The maximum Gasteiger partial charge on any atom is 0.325 e. The van der Waals surface area contributed by atoms with Crippen LogP contribution in [0.5, 0.6) is 0 Å². The van der Waals surface area contributed by atoms with Crippen molar-refractivity contribution in [3.05, 3.63) is 35.4 Å². The third-order valence-electron chi connectivity index (χ3n) is 6.46. The van der Waals surface area contributed by atoms with Crippen LogP contribution in [0.25, 0.3) is 0 Å². The molecule has 0 spiro atoms. The molecule has 0 aliphatic heterocycles. The van der Waals surface area contributed by atoms with Gasteiger partial charge < -0.3 is 14.8 Å². The van der Waals surface area contributed by atoms with Crippen molar-refractivity contribution in [2.75, 3.05) is 19.8 Å². The zero-order valence-electron chi connectivity index (χ0n) is 22.9. The summed E-state index contributed by atoms with van der Waals surface area (Å²) in [7, 11) is 0. The maximum atomic E-state index is 11.7. The van der Waals surface area contributed by atoms with Crippen LogP contribution >= 0.6 is 0 Å². The third kappa shape index (κ3) is 18.0. The number of rotatable bonds is 21. The van der Waals surface area contributed by atoms with Gasteiger partial charge in [0.15, 0.2) is 0 Å². The van der Waals surface area contributed by atoms with E-state index in [0.717, 1.165) is 25.7 Å². The topological polar surface area (TPSA) is 81.7 Å². The van der Waals surface area contributed by atoms with E-state index < -0.39 is 5.97 Å². The zero-order chi connectivity index (χ0) is 26.4. The van der Waals surface area contributed by atoms with E-state index in [1.54, 1.807) is 0 Å². The minimum Gasteiger partial charge on any atom is -0.466 e. The molecule has 6 nitrogen and oxygen atoms in total. The van der Waals surface area contributed by atoms with E-state index in [9.17, 15) is 14.4 Å². The van der Waals surface area contributed by atoms with Crippen LogP contribution in [-0.2, 0) is 36.7 Å². The maximum absolute atomic E-state index is 11.7. The smallest absolute Gasteiger partial charge is 0.325 e. The number of benzene rings is 1. The van der Waals surface area contributed by atoms with Gasteiger partial charge in [0.1, 0.15) is 6.54 Å². The number of carbonyl (C=O) groups excluding carboxylic acids is 3. The predicted molar refractivity (Wildman–Crippen MR) is 145 cm³/mol. The van der Waals surface area contributed by atoms with Gasteiger partial charge in [-0.2, -0.15) is 0 Å². The van der Waals surface area contributed by atoms with E-state index >= 15 is 0 Å². The molecule has 0 bridgehead atoms. The average molecular weight is 504 g/mol. The van der Waals surface area contributed by atoms with E-state index in [2.05, 4.69) is 36.5 Å². The molecule has 6 heteroatoms. The fourth-order valence-corrected chi connectivity index (χ4v) is 4.24. The summed E-state index contributed by atoms with van der Waals surface area (Å²) in [6.45, 7) is 5.47. The van der Waals surface area contributed by atoms with Gasteiger partial charge in [-0.3, -0.25) is 14.4 Å². The number of hydrogen-bond donors (Lipinski definition) is 1. The molecule has 0 aromatic heterocycles. The highest BCUT2D eigenvalue weighted by molar-refractivity contribution is 5.80. The van der Waals surface area contributed by atoms with Gasteiger partial charge in [0.25, 0.3) is 0 Å². The Bertz CT molecular complexity index is 731. The highest BCUT2D eigenvalue weighted by Gasteiger charge is 2.13. The molecule has 1 unspecified atom stereocenters. The lowest BCUT2D eigenvalue weighted by Crippen LogP contribution is -2.29. The van der Waals surface area contributed by atoms with Gasteiger partial charge in [-0.15, -0.1) is 0 Å². The van der Waals surface area contributed by atoms with E-state index in [0.29, 0.717) is 13.0 Å². The van der Waals surface area contributed by atoms with Gasteiger partial charge in [-0.1, -0.05) is 82.6 Å². The quantitative estimate of drug-likeness (QED) is 0.157. The minimum atomic E-state index is -0.459. The van der Waals surface area contributed by atoms with Crippen LogP contribution in [0.2, 0.25) is 0 Å². The molecule has 204 valence electrons. The second kappa shape index (κ2) is 20.8. The summed E-state index contributed by atoms with van der Waals surface area (Å²) in [6.07, 6.45) is 16.8. The Hall–Kier alpha value is -2.37. The summed E-state index contributed by atoms with van der Waals surface area (Å²) >= 11 is 0. The van der Waals surface area contributed by atoms with Crippen LogP contribution in [0.3, 0.4) is 0 Å². The second-order valence-corrected chi connectivity index (χ2v) is 9.87. The first-order valence-corrected chi connectivity index (χ1v) is 14.0. The summed E-state index contributed by atoms with van der Waals surface area (Å²) in [6, 6.07) is 8.97. The molecular weight excluding hydrogens is 454 g/mol. The van der Waals surface area contributed by atoms with Crippen molar-refractivity contribution in [1.82, 2.24) is 5.32 Å². The fraction of sp³-hybridized carbons (Fsp3) is 0.700. The number of aryl methyl sites for hydroxylation is 2. The molecule has 1 N–H and O–H groups in total. The lowest BCUT2D eigenvalue weighted by Gasteiger charge is -2.17. The minimum absolute atomic E-state index is 0.126. The van der Waals surface area contributed by atoms with E-state index in [1.165, 1.54) is 82.8 Å². The third-order valence-corrected chi connectivity index (χ3v) is 6.46. The lowest BCUT2D eigenvalue weighted by molar-refractivity contribution is -0.146. The van der Waals surface area contributed by atoms with Crippen LogP contribution in [0.15, 0.2) is 24.3 Å². The second-order valence-electron chi connectivity index (χ2n) is 9.87. The SMILES string of the molecule is CCCCCCCCCCCc1ccc(CCCC(CCOC(=O)CNC(C)=O)COC(C)=O)cc1.